The van der Waals surface area contributed by atoms with E-state index in [0.717, 1.165) is 6.07 Å². The van der Waals surface area contributed by atoms with Gasteiger partial charge in [0.1, 0.15) is 0 Å². The van der Waals surface area contributed by atoms with Gasteiger partial charge in [-0.1, -0.05) is 23.2 Å². The van der Waals surface area contributed by atoms with Gasteiger partial charge >= 0.3 is 194 Å². The van der Waals surface area contributed by atoms with Gasteiger partial charge in [0.15, 0.2) is 0 Å². The molecule has 1 saturated heterocycles. The van der Waals surface area contributed by atoms with Gasteiger partial charge in [-0.2, -0.15) is 0 Å². The maximum absolute atomic E-state index is 12.8. The number of ketones is 1. The van der Waals surface area contributed by atoms with E-state index in [4.69, 9.17) is 27.9 Å². The van der Waals surface area contributed by atoms with Gasteiger partial charge in [-0.25, -0.2) is 0 Å². The minimum absolute atomic E-state index is 0.0354. The van der Waals surface area contributed by atoms with Crippen LogP contribution in [0.5, 0.6) is 5.75 Å². The summed E-state index contributed by atoms with van der Waals surface area (Å²) in [7, 11) is 0. The van der Waals surface area contributed by atoms with Gasteiger partial charge < -0.3 is 0 Å². The van der Waals surface area contributed by atoms with Crippen molar-refractivity contribution < 1.29 is 32.6 Å². The van der Waals surface area contributed by atoms with Crippen molar-refractivity contribution in [1.82, 2.24) is 9.97 Å². The van der Waals surface area contributed by atoms with Crippen LogP contribution in [0.2, 0.25) is 10.0 Å². The van der Waals surface area contributed by atoms with Crippen LogP contribution in [-0.4, -0.2) is 69.2 Å². The van der Waals surface area contributed by atoms with Crippen LogP contribution in [0.1, 0.15) is 23.2 Å². The van der Waals surface area contributed by atoms with Crippen molar-refractivity contribution in [2.45, 2.75) is 25.1 Å². The van der Waals surface area contributed by atoms with Crippen LogP contribution in [0.4, 0.5) is 29.6 Å². The van der Waals surface area contributed by atoms with Gasteiger partial charge in [0.25, 0.3) is 0 Å². The topological polar surface area (TPSA) is 105 Å². The molecule has 2 aromatic heterocycles. The number of halogens is 5. The number of nitrogens with one attached hydrogen (secondary N) is 1. The molecular weight excluding hydrogens is 611 g/mol. The van der Waals surface area contributed by atoms with Crippen LogP contribution < -0.4 is 19.4 Å². The van der Waals surface area contributed by atoms with Crippen molar-refractivity contribution >= 4 is 68.1 Å². The SMILES string of the molecule is O=C(O)Oc1ccc(-c2ccc(Cl)cc2Cl)nc1N1CCCC(Nc2ccc(C(=O)C(F)(F)F)c([As])n2)C1. The first kappa shape index (κ1) is 28.0. The zero-order valence-corrected chi connectivity index (χ0v) is 22.7. The summed E-state index contributed by atoms with van der Waals surface area (Å²) >= 11 is 14.2. The average Bonchev–Trinajstić information content (AvgIpc) is 2.83. The molecule has 3 aromatic rings. The molecule has 38 heavy (non-hydrogen) atoms. The van der Waals surface area contributed by atoms with E-state index in [-0.39, 0.29) is 22.1 Å². The molecule has 0 aliphatic carbocycles. The number of carbonyl (C=O) groups excluding carboxylic acids is 1. The van der Waals surface area contributed by atoms with E-state index < -0.39 is 23.7 Å². The first-order chi connectivity index (χ1) is 17.9. The second-order valence-corrected chi connectivity index (χ2v) is 10.1. The summed E-state index contributed by atoms with van der Waals surface area (Å²) in [6, 6.07) is 10.2. The zero-order chi connectivity index (χ0) is 27.6. The molecule has 0 bridgehead atoms. The number of pyridine rings is 2. The van der Waals surface area contributed by atoms with Crippen molar-refractivity contribution in [2.75, 3.05) is 23.3 Å². The summed E-state index contributed by atoms with van der Waals surface area (Å²) in [6.07, 6.45) is -5.10. The third kappa shape index (κ3) is 6.51. The number of alkyl halides is 3. The number of aromatic nitrogens is 2. The summed E-state index contributed by atoms with van der Waals surface area (Å²) in [5, 5.41) is 13.2. The van der Waals surface area contributed by atoms with Crippen LogP contribution >= 0.6 is 23.2 Å². The fourth-order valence-electron chi connectivity index (χ4n) is 4.04. The van der Waals surface area contributed by atoms with Gasteiger partial charge in [0, 0.05) is 5.02 Å². The normalized spacial score (nSPS) is 15.7. The Balaban J connectivity index is 1.58. The number of carboxylic acid groups (broad SMARTS) is 1. The predicted molar refractivity (Wildman–Crippen MR) is 137 cm³/mol. The first-order valence-electron chi connectivity index (χ1n) is 11.1. The van der Waals surface area contributed by atoms with Crippen molar-refractivity contribution in [3.8, 4) is 17.0 Å². The Morgan fingerprint density at radius 3 is 2.55 bits per heavy atom. The number of anilines is 2. The van der Waals surface area contributed by atoms with Crippen LogP contribution in [0, 0.1) is 0 Å². The van der Waals surface area contributed by atoms with E-state index in [1.165, 1.54) is 12.1 Å². The summed E-state index contributed by atoms with van der Waals surface area (Å²) < 4.78 is 43.3. The molecule has 0 saturated carbocycles. The molecular formula is C24H18AsCl2F3N4O4. The zero-order valence-electron chi connectivity index (χ0n) is 19.3. The minimum atomic E-state index is -5.00. The van der Waals surface area contributed by atoms with Gasteiger partial charge in [0.05, 0.1) is 0 Å². The molecule has 1 aromatic carbocycles. The van der Waals surface area contributed by atoms with E-state index in [1.807, 2.05) is 21.8 Å². The number of rotatable bonds is 6. The molecule has 1 fully saturated rings. The maximum atomic E-state index is 12.8. The number of benzene rings is 1. The van der Waals surface area contributed by atoms with E-state index in [2.05, 4.69) is 15.3 Å². The summed E-state index contributed by atoms with van der Waals surface area (Å²) in [6.45, 7) is 0.904. The molecule has 1 aliphatic heterocycles. The number of carbonyl (C=O) groups is 2. The number of hydrogen-bond donors (Lipinski definition) is 2. The average molecular weight is 629 g/mol. The molecule has 1 atom stereocenters. The number of ether oxygens (including phenoxy) is 1. The molecule has 8 nitrogen and oxygen atoms in total. The monoisotopic (exact) mass is 628 g/mol. The van der Waals surface area contributed by atoms with Crippen LogP contribution in [-0.2, 0) is 0 Å². The van der Waals surface area contributed by atoms with Crippen molar-refractivity contribution in [3.05, 3.63) is 58.1 Å². The predicted octanol–water partition coefficient (Wildman–Crippen LogP) is 5.13. The fraction of sp³-hybridized carbons (Fsp3) is 0.250. The Hall–Kier alpha value is -3.01. The Kier molecular flexibility index (Phi) is 8.39. The quantitative estimate of drug-likeness (QED) is 0.220. The molecule has 3 heterocycles. The number of piperidine rings is 1. The first-order valence-corrected chi connectivity index (χ1v) is 12.8. The summed E-state index contributed by atoms with van der Waals surface area (Å²) in [5.41, 5.74) is 0.539. The van der Waals surface area contributed by atoms with Crippen LogP contribution in [0.3, 0.4) is 0 Å². The fourth-order valence-corrected chi connectivity index (χ4v) is 5.14. The number of Topliss-reactive ketones (excluding diaryl/α,β-unsaturated/α-hetero) is 1. The van der Waals surface area contributed by atoms with Crippen molar-refractivity contribution in [3.63, 3.8) is 0 Å². The Morgan fingerprint density at radius 2 is 1.89 bits per heavy atom. The van der Waals surface area contributed by atoms with Crippen LogP contribution in [0.25, 0.3) is 11.3 Å². The Labute approximate surface area is 233 Å². The molecule has 1 aliphatic rings. The van der Waals surface area contributed by atoms with E-state index in [9.17, 15) is 27.9 Å². The molecule has 2 N–H and O–H groups in total. The Morgan fingerprint density at radius 1 is 1.13 bits per heavy atom. The molecule has 2 radical (unpaired) electrons. The standard InChI is InChI=1S/C24H18AsCl2F3N4O4/c25-21-15(20(35)24(28,29)30)5-8-19(33-21)31-13-2-1-9-34(11-13)22-18(38-23(36)37)7-6-17(32-22)14-4-3-12(26)10-16(14)27/h3-8,10,13H,1-2,9,11H2,(H,31,33)(H,36,37). The molecule has 4 rings (SSSR count). The van der Waals surface area contributed by atoms with Crippen LogP contribution in [0.15, 0.2) is 42.5 Å². The van der Waals surface area contributed by atoms with E-state index in [1.54, 1.807) is 24.3 Å². The number of nitrogens with zero attached hydrogens (tertiary/aromatic N) is 3. The summed E-state index contributed by atoms with van der Waals surface area (Å²) in [5.74, 6) is -1.35. The van der Waals surface area contributed by atoms with Crippen molar-refractivity contribution in [2.24, 2.45) is 0 Å². The van der Waals surface area contributed by atoms with E-state index in [0.29, 0.717) is 53.1 Å². The Bertz CT molecular complexity index is 1390. The second-order valence-electron chi connectivity index (χ2n) is 8.33. The van der Waals surface area contributed by atoms with Gasteiger partial charge in [-0.15, -0.1) is 0 Å². The van der Waals surface area contributed by atoms with E-state index >= 15 is 0 Å². The second kappa shape index (κ2) is 11.4. The third-order valence-electron chi connectivity index (χ3n) is 5.69. The van der Waals surface area contributed by atoms with Crippen molar-refractivity contribution in [1.29, 1.82) is 0 Å². The molecule has 0 amide bonds. The molecule has 0 spiro atoms. The van der Waals surface area contributed by atoms with Gasteiger partial charge in [-0.3, -0.25) is 0 Å². The molecule has 198 valence electrons. The van der Waals surface area contributed by atoms with Gasteiger partial charge in [0.2, 0.25) is 0 Å². The molecule has 14 heteroatoms. The molecule has 1 unspecified atom stereocenters. The summed E-state index contributed by atoms with van der Waals surface area (Å²) in [4.78, 5) is 33.5. The third-order valence-corrected chi connectivity index (χ3v) is 6.96. The number of hydrogen-bond acceptors (Lipinski definition) is 7. The van der Waals surface area contributed by atoms with Gasteiger partial charge in [-0.05, 0) is 12.1 Å².